The zero-order valence-corrected chi connectivity index (χ0v) is 22.9. The highest BCUT2D eigenvalue weighted by Gasteiger charge is 2.53. The van der Waals surface area contributed by atoms with Crippen molar-refractivity contribution in [2.24, 2.45) is 16.6 Å². The van der Waals surface area contributed by atoms with Crippen LogP contribution >= 0.6 is 11.8 Å². The molecule has 3 aliphatic heterocycles. The fourth-order valence-electron chi connectivity index (χ4n) is 6.21. The third-order valence-corrected chi connectivity index (χ3v) is 9.44. The normalized spacial score (nSPS) is 26.8. The van der Waals surface area contributed by atoms with E-state index in [4.69, 9.17) is 10.7 Å². The molecular weight excluding hydrogens is 498 g/mol. The summed E-state index contributed by atoms with van der Waals surface area (Å²) in [6, 6.07) is 6.07. The highest BCUT2D eigenvalue weighted by Crippen LogP contribution is 2.46. The van der Waals surface area contributed by atoms with Crippen molar-refractivity contribution in [1.82, 2.24) is 10.6 Å². The van der Waals surface area contributed by atoms with Crippen molar-refractivity contribution in [3.8, 4) is 0 Å². The van der Waals surface area contributed by atoms with Gasteiger partial charge in [0, 0.05) is 32.4 Å². The summed E-state index contributed by atoms with van der Waals surface area (Å²) in [6.45, 7) is 4.19. The van der Waals surface area contributed by atoms with Gasteiger partial charge in [-0.15, -0.1) is 0 Å². The number of rotatable bonds is 9. The molecule has 0 saturated carbocycles. The predicted molar refractivity (Wildman–Crippen MR) is 152 cm³/mol. The van der Waals surface area contributed by atoms with E-state index in [0.717, 1.165) is 34.7 Å². The monoisotopic (exact) mass is 535 g/mol. The molecule has 1 aliphatic carbocycles. The maximum Gasteiger partial charge on any atom is 0.247 e. The molecule has 0 fully saturated rings. The first-order valence-corrected chi connectivity index (χ1v) is 14.5. The fraction of sp³-hybridized carbons (Fsp3) is 0.517. The summed E-state index contributed by atoms with van der Waals surface area (Å²) in [5.41, 5.74) is 8.05. The number of hydrogen-bond acceptors (Lipinski definition) is 6. The van der Waals surface area contributed by atoms with E-state index in [-0.39, 0.29) is 41.0 Å². The quantitative estimate of drug-likeness (QED) is 0.450. The Morgan fingerprint density at radius 2 is 2.03 bits per heavy atom. The summed E-state index contributed by atoms with van der Waals surface area (Å²) in [6.07, 6.45) is 11.9. The second kappa shape index (κ2) is 11.1. The van der Waals surface area contributed by atoms with Crippen molar-refractivity contribution in [3.05, 3.63) is 53.6 Å². The molecule has 0 saturated heterocycles. The summed E-state index contributed by atoms with van der Waals surface area (Å²) in [5, 5.41) is 7.29. The number of carbonyl (C=O) groups is 3. The van der Waals surface area contributed by atoms with E-state index >= 15 is 0 Å². The van der Waals surface area contributed by atoms with Crippen LogP contribution in [0.1, 0.15) is 50.7 Å². The number of nitrogens with two attached hydrogens (primary N) is 1. The summed E-state index contributed by atoms with van der Waals surface area (Å²) < 4.78 is 0. The van der Waals surface area contributed by atoms with Gasteiger partial charge in [0.25, 0.3) is 0 Å². The van der Waals surface area contributed by atoms with E-state index in [2.05, 4.69) is 28.9 Å². The molecule has 3 amide bonds. The highest BCUT2D eigenvalue weighted by atomic mass is 32.2. The van der Waals surface area contributed by atoms with Gasteiger partial charge in [0.05, 0.1) is 28.6 Å². The number of para-hydroxylation sites is 1. The van der Waals surface area contributed by atoms with Gasteiger partial charge in [-0.25, -0.2) is 0 Å². The van der Waals surface area contributed by atoms with Gasteiger partial charge >= 0.3 is 0 Å². The molecule has 1 aromatic carbocycles. The zero-order valence-electron chi connectivity index (χ0n) is 22.1. The van der Waals surface area contributed by atoms with Crippen molar-refractivity contribution in [2.75, 3.05) is 18.0 Å². The lowest BCUT2D eigenvalue weighted by Crippen LogP contribution is -2.60. The average Bonchev–Trinajstić information content (AvgIpc) is 3.43. The van der Waals surface area contributed by atoms with E-state index in [9.17, 15) is 14.4 Å². The van der Waals surface area contributed by atoms with Crippen molar-refractivity contribution < 1.29 is 14.4 Å². The molecule has 4 aliphatic rings. The fourth-order valence-corrected chi connectivity index (χ4v) is 7.32. The molecule has 3 unspecified atom stereocenters. The van der Waals surface area contributed by atoms with Crippen LogP contribution in [0.4, 0.5) is 5.69 Å². The molecule has 0 spiro atoms. The lowest BCUT2D eigenvalue weighted by atomic mass is 9.83. The Kier molecular flexibility index (Phi) is 7.77. The number of aliphatic imine (C=N–C) groups is 1. The van der Waals surface area contributed by atoms with Crippen LogP contribution in [0, 0.1) is 5.92 Å². The molecule has 0 bridgehead atoms. The van der Waals surface area contributed by atoms with E-state index in [1.165, 1.54) is 6.92 Å². The van der Waals surface area contributed by atoms with Gasteiger partial charge in [0.2, 0.25) is 17.7 Å². The van der Waals surface area contributed by atoms with Crippen molar-refractivity contribution in [3.63, 3.8) is 0 Å². The SMILES string of the molecule is CC(=O)N[C@H](CN)[C@@H](C)CCC1(C(=O)NCC2=NC3C=CC=CC3S2)Cc2cccc3c2N1C(=O)CCC3. The van der Waals surface area contributed by atoms with E-state index in [1.807, 2.05) is 36.1 Å². The topological polar surface area (TPSA) is 117 Å². The molecular formula is C29H37N5O3S. The first-order chi connectivity index (χ1) is 18.3. The Morgan fingerprint density at radius 1 is 1.24 bits per heavy atom. The first kappa shape index (κ1) is 26.7. The zero-order chi connectivity index (χ0) is 26.9. The summed E-state index contributed by atoms with van der Waals surface area (Å²) in [5.74, 6) is -0.228. The standard InChI is InChI=1S/C29H37N5O3S/c1-18(23(16-30)32-19(2)35)13-14-29(28(37)31-17-25-33-22-10-3-4-11-24(22)38-25)15-21-9-5-7-20-8-6-12-26(36)34(29)27(20)21/h3-5,7,9-11,18,22-24H,6,8,12-17,30H2,1-2H3,(H,31,37)(H,32,35)/t18-,22?,23+,24?,29?/m0/s1. The molecule has 5 atom stereocenters. The molecule has 38 heavy (non-hydrogen) atoms. The molecule has 0 aromatic heterocycles. The summed E-state index contributed by atoms with van der Waals surface area (Å²) in [4.78, 5) is 46.1. The minimum atomic E-state index is -1.03. The van der Waals surface area contributed by atoms with E-state index in [0.29, 0.717) is 38.8 Å². The average molecular weight is 536 g/mol. The van der Waals surface area contributed by atoms with Gasteiger partial charge in [-0.3, -0.25) is 24.3 Å². The Hall–Kier alpha value is -2.91. The van der Waals surface area contributed by atoms with Gasteiger partial charge in [0.15, 0.2) is 0 Å². The van der Waals surface area contributed by atoms with Crippen molar-refractivity contribution in [2.45, 2.75) is 75.2 Å². The number of fused-ring (bicyclic) bond motifs is 1. The lowest BCUT2D eigenvalue weighted by molar-refractivity contribution is -0.130. The molecule has 202 valence electrons. The maximum absolute atomic E-state index is 14.2. The lowest BCUT2D eigenvalue weighted by Gasteiger charge is -2.39. The van der Waals surface area contributed by atoms with Crippen LogP contribution < -0.4 is 21.3 Å². The predicted octanol–water partition coefficient (Wildman–Crippen LogP) is 2.66. The number of benzene rings is 1. The number of hydrogen-bond donors (Lipinski definition) is 3. The molecule has 8 nitrogen and oxygen atoms in total. The van der Waals surface area contributed by atoms with Crippen LogP contribution in [-0.4, -0.2) is 58.7 Å². The van der Waals surface area contributed by atoms with Crippen LogP contribution in [0.3, 0.4) is 0 Å². The number of amides is 3. The number of allylic oxidation sites excluding steroid dienone is 2. The van der Waals surface area contributed by atoms with Gasteiger partial charge in [-0.05, 0) is 42.7 Å². The van der Waals surface area contributed by atoms with E-state index < -0.39 is 5.54 Å². The van der Waals surface area contributed by atoms with Crippen LogP contribution in [-0.2, 0) is 27.2 Å². The molecule has 3 heterocycles. The molecule has 1 aromatic rings. The van der Waals surface area contributed by atoms with E-state index in [1.54, 1.807) is 11.8 Å². The number of thioether (sulfide) groups is 1. The second-order valence-corrected chi connectivity index (χ2v) is 12.1. The smallest absolute Gasteiger partial charge is 0.247 e. The third-order valence-electron chi connectivity index (χ3n) is 8.21. The Balaban J connectivity index is 1.41. The Labute approximate surface area is 228 Å². The number of nitrogens with one attached hydrogen (secondary N) is 2. The Morgan fingerprint density at radius 3 is 2.79 bits per heavy atom. The van der Waals surface area contributed by atoms with Gasteiger partial charge < -0.3 is 16.4 Å². The van der Waals surface area contributed by atoms with Gasteiger partial charge in [0.1, 0.15) is 5.54 Å². The Bertz CT molecular complexity index is 1210. The van der Waals surface area contributed by atoms with Gasteiger partial charge in [-0.2, -0.15) is 0 Å². The largest absolute Gasteiger partial charge is 0.352 e. The number of anilines is 1. The third kappa shape index (κ3) is 5.06. The molecule has 9 heteroatoms. The minimum absolute atomic E-state index is 0.00242. The van der Waals surface area contributed by atoms with Gasteiger partial charge in [-0.1, -0.05) is 61.2 Å². The summed E-state index contributed by atoms with van der Waals surface area (Å²) in [7, 11) is 0. The number of nitrogens with zero attached hydrogens (tertiary/aromatic N) is 2. The highest BCUT2D eigenvalue weighted by molar-refractivity contribution is 8.15. The number of aryl methyl sites for hydroxylation is 1. The van der Waals surface area contributed by atoms with Crippen LogP contribution in [0.2, 0.25) is 0 Å². The van der Waals surface area contributed by atoms with Crippen LogP contribution in [0.15, 0.2) is 47.5 Å². The van der Waals surface area contributed by atoms with Crippen molar-refractivity contribution in [1.29, 1.82) is 0 Å². The van der Waals surface area contributed by atoms with Crippen LogP contribution in [0.25, 0.3) is 0 Å². The first-order valence-electron chi connectivity index (χ1n) is 13.6. The van der Waals surface area contributed by atoms with Crippen LogP contribution in [0.5, 0.6) is 0 Å². The molecule has 0 radical (unpaired) electrons. The minimum Gasteiger partial charge on any atom is -0.352 e. The summed E-state index contributed by atoms with van der Waals surface area (Å²) >= 11 is 1.68. The molecule has 5 rings (SSSR count). The number of carbonyl (C=O) groups excluding carboxylic acids is 3. The maximum atomic E-state index is 14.2. The van der Waals surface area contributed by atoms with Crippen molar-refractivity contribution >= 4 is 40.2 Å². The molecule has 4 N–H and O–H groups in total. The second-order valence-electron chi connectivity index (χ2n) is 10.8.